The predicted molar refractivity (Wildman–Crippen MR) is 101 cm³/mol. The summed E-state index contributed by atoms with van der Waals surface area (Å²) in [6.07, 6.45) is 0. The third kappa shape index (κ3) is 6.49. The van der Waals surface area contributed by atoms with Gasteiger partial charge in [-0.1, -0.05) is 46.8 Å². The van der Waals surface area contributed by atoms with Crippen LogP contribution in [0.2, 0.25) is 0 Å². The first-order chi connectivity index (χ1) is 10.7. The van der Waals surface area contributed by atoms with E-state index in [9.17, 15) is 9.59 Å². The molecule has 0 aliphatic carbocycles. The zero-order valence-electron chi connectivity index (χ0n) is 15.2. The van der Waals surface area contributed by atoms with E-state index < -0.39 is 6.04 Å². The first kappa shape index (κ1) is 22.4. The number of rotatable bonds is 6. The summed E-state index contributed by atoms with van der Waals surface area (Å²) >= 11 is 0. The van der Waals surface area contributed by atoms with Crippen LogP contribution in [0.15, 0.2) is 24.3 Å². The van der Waals surface area contributed by atoms with Gasteiger partial charge in [-0.05, 0) is 29.0 Å². The van der Waals surface area contributed by atoms with Crippen LogP contribution in [0.5, 0.6) is 0 Å². The summed E-state index contributed by atoms with van der Waals surface area (Å²) in [4.78, 5) is 24.5. The van der Waals surface area contributed by atoms with Gasteiger partial charge in [0.15, 0.2) is 0 Å². The van der Waals surface area contributed by atoms with Crippen LogP contribution in [0.25, 0.3) is 0 Å². The van der Waals surface area contributed by atoms with E-state index in [2.05, 4.69) is 31.4 Å². The molecule has 0 aliphatic rings. The number of amides is 2. The third-order valence-corrected chi connectivity index (χ3v) is 3.69. The molecule has 0 spiro atoms. The normalized spacial score (nSPS) is 12.3. The van der Waals surface area contributed by atoms with Gasteiger partial charge in [0.05, 0.1) is 0 Å². The van der Waals surface area contributed by atoms with E-state index in [0.29, 0.717) is 18.7 Å². The molecule has 0 aliphatic heterocycles. The Balaban J connectivity index is 0.00000529. The monoisotopic (exact) mass is 355 g/mol. The zero-order valence-corrected chi connectivity index (χ0v) is 16.0. The van der Waals surface area contributed by atoms with Gasteiger partial charge < -0.3 is 16.4 Å². The highest BCUT2D eigenvalue weighted by Gasteiger charge is 2.24. The smallest absolute Gasteiger partial charge is 0.251 e. The topological polar surface area (TPSA) is 84.2 Å². The van der Waals surface area contributed by atoms with Crippen LogP contribution >= 0.6 is 12.4 Å². The van der Waals surface area contributed by atoms with Crippen molar-refractivity contribution in [2.75, 3.05) is 13.1 Å². The van der Waals surface area contributed by atoms with Crippen LogP contribution in [0.1, 0.15) is 50.5 Å². The first-order valence-electron chi connectivity index (χ1n) is 8.06. The standard InChI is InChI=1S/C18H29N3O2.ClH/c1-12(2)15(17(23)20-11-10-19)21-16(22)13-6-8-14(9-7-13)18(3,4)5;/h6-9,12,15H,10-11,19H2,1-5H3,(H,20,23)(H,21,22);1H. The molecular formula is C18H30ClN3O2. The lowest BCUT2D eigenvalue weighted by atomic mass is 9.86. The molecule has 0 fully saturated rings. The maximum atomic E-state index is 12.4. The van der Waals surface area contributed by atoms with Gasteiger partial charge in [0.25, 0.3) is 5.91 Å². The summed E-state index contributed by atoms with van der Waals surface area (Å²) < 4.78 is 0. The van der Waals surface area contributed by atoms with Crippen molar-refractivity contribution in [2.24, 2.45) is 11.7 Å². The molecule has 0 bridgehead atoms. The Morgan fingerprint density at radius 1 is 1.12 bits per heavy atom. The molecule has 0 saturated heterocycles. The number of carbonyl (C=O) groups is 2. The Morgan fingerprint density at radius 2 is 1.67 bits per heavy atom. The maximum Gasteiger partial charge on any atom is 0.251 e. The summed E-state index contributed by atoms with van der Waals surface area (Å²) in [7, 11) is 0. The summed E-state index contributed by atoms with van der Waals surface area (Å²) in [6.45, 7) is 10.9. The molecule has 0 saturated carbocycles. The van der Waals surface area contributed by atoms with Gasteiger partial charge in [0.2, 0.25) is 5.91 Å². The molecule has 24 heavy (non-hydrogen) atoms. The number of carbonyl (C=O) groups excluding carboxylic acids is 2. The van der Waals surface area contributed by atoms with E-state index in [4.69, 9.17) is 5.73 Å². The molecule has 6 heteroatoms. The average molecular weight is 356 g/mol. The molecule has 0 aromatic heterocycles. The van der Waals surface area contributed by atoms with Crippen molar-refractivity contribution in [1.29, 1.82) is 0 Å². The number of nitrogens with two attached hydrogens (primary N) is 1. The van der Waals surface area contributed by atoms with Gasteiger partial charge in [-0.2, -0.15) is 0 Å². The Hall–Kier alpha value is -1.59. The molecule has 1 unspecified atom stereocenters. The summed E-state index contributed by atoms with van der Waals surface area (Å²) in [5.74, 6) is -0.456. The second-order valence-corrected chi connectivity index (χ2v) is 7.10. The van der Waals surface area contributed by atoms with Crippen LogP contribution in [-0.2, 0) is 10.2 Å². The van der Waals surface area contributed by atoms with Crippen molar-refractivity contribution in [1.82, 2.24) is 10.6 Å². The molecule has 1 aromatic carbocycles. The number of nitrogens with one attached hydrogen (secondary N) is 2. The molecule has 0 radical (unpaired) electrons. The molecule has 1 atom stereocenters. The molecule has 1 rings (SSSR count). The van der Waals surface area contributed by atoms with E-state index in [1.165, 1.54) is 0 Å². The van der Waals surface area contributed by atoms with E-state index in [1.807, 2.05) is 26.0 Å². The first-order valence-corrected chi connectivity index (χ1v) is 8.06. The van der Waals surface area contributed by atoms with Crippen LogP contribution < -0.4 is 16.4 Å². The predicted octanol–water partition coefficient (Wildman–Crippen LogP) is 2.24. The summed E-state index contributed by atoms with van der Waals surface area (Å²) in [5, 5.41) is 5.53. The highest BCUT2D eigenvalue weighted by atomic mass is 35.5. The Kier molecular flexibility index (Phi) is 9.01. The molecule has 2 amide bonds. The van der Waals surface area contributed by atoms with Gasteiger partial charge in [-0.25, -0.2) is 0 Å². The van der Waals surface area contributed by atoms with Gasteiger partial charge >= 0.3 is 0 Å². The second-order valence-electron chi connectivity index (χ2n) is 7.10. The Morgan fingerprint density at radius 3 is 2.08 bits per heavy atom. The van der Waals surface area contributed by atoms with Crippen molar-refractivity contribution in [3.8, 4) is 0 Å². The Bertz CT molecular complexity index is 536. The SMILES string of the molecule is CC(C)C(NC(=O)c1ccc(C(C)(C)C)cc1)C(=O)NCCN.Cl. The van der Waals surface area contributed by atoms with Crippen molar-refractivity contribution in [2.45, 2.75) is 46.1 Å². The second kappa shape index (κ2) is 9.64. The molecule has 136 valence electrons. The summed E-state index contributed by atoms with van der Waals surface area (Å²) in [5.41, 5.74) is 7.15. The van der Waals surface area contributed by atoms with Gasteiger partial charge in [0.1, 0.15) is 6.04 Å². The number of hydrogen-bond donors (Lipinski definition) is 3. The van der Waals surface area contributed by atoms with E-state index in [0.717, 1.165) is 5.56 Å². The van der Waals surface area contributed by atoms with Gasteiger partial charge in [-0.15, -0.1) is 12.4 Å². The van der Waals surface area contributed by atoms with Crippen LogP contribution in [0.4, 0.5) is 0 Å². The van der Waals surface area contributed by atoms with Gasteiger partial charge in [-0.3, -0.25) is 9.59 Å². The lowest BCUT2D eigenvalue weighted by Crippen LogP contribution is -2.50. The highest BCUT2D eigenvalue weighted by Crippen LogP contribution is 2.22. The minimum atomic E-state index is -0.573. The van der Waals surface area contributed by atoms with E-state index in [-0.39, 0.29) is 35.6 Å². The molecule has 0 heterocycles. The molecule has 4 N–H and O–H groups in total. The minimum Gasteiger partial charge on any atom is -0.353 e. The van der Waals surface area contributed by atoms with Crippen molar-refractivity contribution >= 4 is 24.2 Å². The zero-order chi connectivity index (χ0) is 17.6. The lowest BCUT2D eigenvalue weighted by molar-refractivity contribution is -0.123. The minimum absolute atomic E-state index is 0. The van der Waals surface area contributed by atoms with Crippen molar-refractivity contribution < 1.29 is 9.59 Å². The Labute approximate surface area is 151 Å². The van der Waals surface area contributed by atoms with E-state index in [1.54, 1.807) is 12.1 Å². The quantitative estimate of drug-likeness (QED) is 0.731. The van der Waals surface area contributed by atoms with Crippen LogP contribution in [0, 0.1) is 5.92 Å². The maximum absolute atomic E-state index is 12.4. The fraction of sp³-hybridized carbons (Fsp3) is 0.556. The molecule has 5 nitrogen and oxygen atoms in total. The van der Waals surface area contributed by atoms with E-state index >= 15 is 0 Å². The number of hydrogen-bond acceptors (Lipinski definition) is 3. The summed E-state index contributed by atoms with van der Waals surface area (Å²) in [6, 6.07) is 6.92. The fourth-order valence-corrected chi connectivity index (χ4v) is 2.19. The third-order valence-electron chi connectivity index (χ3n) is 3.69. The fourth-order valence-electron chi connectivity index (χ4n) is 2.19. The van der Waals surface area contributed by atoms with Crippen LogP contribution in [0.3, 0.4) is 0 Å². The van der Waals surface area contributed by atoms with Crippen LogP contribution in [-0.4, -0.2) is 30.9 Å². The lowest BCUT2D eigenvalue weighted by Gasteiger charge is -2.22. The van der Waals surface area contributed by atoms with Crippen molar-refractivity contribution in [3.05, 3.63) is 35.4 Å². The largest absolute Gasteiger partial charge is 0.353 e. The highest BCUT2D eigenvalue weighted by molar-refractivity contribution is 5.97. The number of halogens is 1. The van der Waals surface area contributed by atoms with Crippen molar-refractivity contribution in [3.63, 3.8) is 0 Å². The average Bonchev–Trinajstić information content (AvgIpc) is 2.48. The number of benzene rings is 1. The molecular weight excluding hydrogens is 326 g/mol. The molecule has 1 aromatic rings. The van der Waals surface area contributed by atoms with Gasteiger partial charge in [0, 0.05) is 18.7 Å².